The van der Waals surface area contributed by atoms with Crippen molar-refractivity contribution < 1.29 is 24.2 Å². The molecule has 0 saturated carbocycles. The largest absolute Gasteiger partial charge is 0.457 e. The molecule has 3 N–H and O–H groups in total. The number of carbonyl (C=O) groups excluding carboxylic acids is 3. The van der Waals surface area contributed by atoms with Gasteiger partial charge in [0.25, 0.3) is 5.91 Å². The molecule has 2 aliphatic heterocycles. The molecule has 2 atom stereocenters. The zero-order valence-electron chi connectivity index (χ0n) is 25.8. The van der Waals surface area contributed by atoms with E-state index in [0.717, 1.165) is 37.8 Å². The van der Waals surface area contributed by atoms with Gasteiger partial charge >= 0.3 is 0 Å². The maximum Gasteiger partial charge on any atom is 0.251 e. The number of hydrogen-bond donors (Lipinski definition) is 3. The van der Waals surface area contributed by atoms with Crippen LogP contribution < -0.4 is 15.4 Å². The molecule has 236 valence electrons. The van der Waals surface area contributed by atoms with Crippen molar-refractivity contribution in [1.82, 2.24) is 20.4 Å². The Morgan fingerprint density at radius 2 is 1.60 bits per heavy atom. The Morgan fingerprint density at radius 1 is 1.02 bits per heavy atom. The molecule has 0 aromatic heterocycles. The predicted octanol–water partition coefficient (Wildman–Crippen LogP) is 4.52. The summed E-state index contributed by atoms with van der Waals surface area (Å²) in [6.07, 6.45) is 3.51. The van der Waals surface area contributed by atoms with E-state index in [-0.39, 0.29) is 36.0 Å². The van der Waals surface area contributed by atoms with Gasteiger partial charge in [-0.3, -0.25) is 19.3 Å². The zero-order valence-corrected chi connectivity index (χ0v) is 26.6. The number of rotatable bonds is 12. The number of likely N-dealkylation sites (tertiary alicyclic amines) is 1. The number of ether oxygens (including phenoxy) is 1. The van der Waals surface area contributed by atoms with Crippen molar-refractivity contribution in [1.29, 1.82) is 0 Å². The lowest BCUT2D eigenvalue weighted by Crippen LogP contribution is -2.75. The van der Waals surface area contributed by atoms with Gasteiger partial charge in [-0.1, -0.05) is 52.2 Å². The van der Waals surface area contributed by atoms with Crippen molar-refractivity contribution in [3.8, 4) is 11.5 Å². The molecular weight excluding hydrogens is 568 g/mol. The predicted molar refractivity (Wildman–Crippen MR) is 169 cm³/mol. The van der Waals surface area contributed by atoms with Gasteiger partial charge in [0.1, 0.15) is 23.1 Å². The highest BCUT2D eigenvalue weighted by molar-refractivity contribution is 6.00. The Kier molecular flexibility index (Phi) is 12.4. The molecule has 2 fully saturated rings. The van der Waals surface area contributed by atoms with Crippen LogP contribution in [0.25, 0.3) is 0 Å². The number of nitrogens with one attached hydrogen (secondary N) is 2. The second kappa shape index (κ2) is 15.5. The minimum atomic E-state index is -0.883. The molecule has 4 rings (SSSR count). The van der Waals surface area contributed by atoms with Crippen LogP contribution in [0.3, 0.4) is 0 Å². The van der Waals surface area contributed by atoms with E-state index < -0.39 is 17.7 Å². The van der Waals surface area contributed by atoms with Crippen molar-refractivity contribution in [2.24, 2.45) is 5.92 Å². The molecule has 2 aliphatic rings. The number of piperazine rings is 1. The summed E-state index contributed by atoms with van der Waals surface area (Å²) in [5.74, 6) is 0.915. The maximum atomic E-state index is 13.7. The lowest BCUT2D eigenvalue weighted by molar-refractivity contribution is -0.165. The first kappa shape index (κ1) is 34.4. The zero-order chi connectivity index (χ0) is 30.3. The fourth-order valence-electron chi connectivity index (χ4n) is 6.21. The molecule has 2 heterocycles. The second-order valence-electron chi connectivity index (χ2n) is 11.5. The molecule has 3 amide bonds. The lowest BCUT2D eigenvalue weighted by Gasteiger charge is -2.52. The number of benzene rings is 2. The van der Waals surface area contributed by atoms with Gasteiger partial charge in [-0.05, 0) is 67.1 Å². The van der Waals surface area contributed by atoms with Gasteiger partial charge in [-0.25, -0.2) is 0 Å². The standard InChI is InChI=1S/C33H46N4O5.ClH/c1-5-8-19-37-31(40)28(29(38)24(6-2)7-3)35-32(41)33(37)17-20-36(21-18-33)22-23-9-13-26(14-10-23)42-27-15-11-25(12-16-27)30(39)34-4;/h9-16,24,28-29,38H,5-8,17-22H2,1-4H3,(H,34,39)(H,35,41);1H/t28-,29-;/m1./s1. The molecule has 9 nitrogen and oxygen atoms in total. The summed E-state index contributed by atoms with van der Waals surface area (Å²) in [7, 11) is 1.60. The number of unbranched alkanes of at least 4 members (excludes halogenated alkanes) is 1. The van der Waals surface area contributed by atoms with E-state index in [1.54, 1.807) is 36.2 Å². The van der Waals surface area contributed by atoms with E-state index in [4.69, 9.17) is 4.74 Å². The summed E-state index contributed by atoms with van der Waals surface area (Å²) >= 11 is 0. The Bertz CT molecular complexity index is 1210. The fraction of sp³-hybridized carbons (Fsp3) is 0.545. The molecule has 43 heavy (non-hydrogen) atoms. The van der Waals surface area contributed by atoms with Crippen LogP contribution in [-0.2, 0) is 16.1 Å². The topological polar surface area (TPSA) is 111 Å². The first-order valence-corrected chi connectivity index (χ1v) is 15.4. The van der Waals surface area contributed by atoms with Crippen molar-refractivity contribution in [2.75, 3.05) is 26.7 Å². The number of amides is 3. The summed E-state index contributed by atoms with van der Waals surface area (Å²) in [5, 5.41) is 16.6. The maximum absolute atomic E-state index is 13.7. The molecule has 10 heteroatoms. The fourth-order valence-corrected chi connectivity index (χ4v) is 6.21. The molecule has 2 saturated heterocycles. The highest BCUT2D eigenvalue weighted by atomic mass is 35.5. The van der Waals surface area contributed by atoms with Gasteiger partial charge < -0.3 is 25.4 Å². The van der Waals surface area contributed by atoms with Crippen LogP contribution in [0.15, 0.2) is 48.5 Å². The highest BCUT2D eigenvalue weighted by Crippen LogP contribution is 2.35. The number of aliphatic hydroxyl groups is 1. The second-order valence-corrected chi connectivity index (χ2v) is 11.5. The van der Waals surface area contributed by atoms with E-state index in [2.05, 4.69) is 22.5 Å². The van der Waals surface area contributed by atoms with Crippen molar-refractivity contribution in [3.05, 3.63) is 59.7 Å². The summed E-state index contributed by atoms with van der Waals surface area (Å²) in [5.41, 5.74) is 0.845. The number of aliphatic hydroxyl groups excluding tert-OH is 1. The van der Waals surface area contributed by atoms with Gasteiger partial charge in [-0.15, -0.1) is 12.4 Å². The van der Waals surface area contributed by atoms with Gasteiger partial charge in [0.05, 0.1) is 6.10 Å². The molecule has 2 aromatic carbocycles. The number of piperidine rings is 1. The summed E-state index contributed by atoms with van der Waals surface area (Å²) in [6.45, 7) is 8.75. The molecule has 0 unspecified atom stereocenters. The van der Waals surface area contributed by atoms with E-state index in [1.165, 1.54) is 0 Å². The first-order valence-electron chi connectivity index (χ1n) is 15.4. The number of nitrogens with zero attached hydrogens (tertiary/aromatic N) is 2. The third-order valence-corrected chi connectivity index (χ3v) is 8.96. The molecule has 0 bridgehead atoms. The van der Waals surface area contributed by atoms with Crippen molar-refractivity contribution in [2.45, 2.75) is 83.5 Å². The molecular formula is C33H47ClN4O5. The van der Waals surface area contributed by atoms with Crippen LogP contribution in [0.2, 0.25) is 0 Å². The van der Waals surface area contributed by atoms with Crippen LogP contribution in [-0.4, -0.2) is 77.0 Å². The quantitative estimate of drug-likeness (QED) is 0.324. The number of hydrogen-bond acceptors (Lipinski definition) is 6. The third-order valence-electron chi connectivity index (χ3n) is 8.96. The van der Waals surface area contributed by atoms with Crippen LogP contribution in [0.4, 0.5) is 0 Å². The summed E-state index contributed by atoms with van der Waals surface area (Å²) in [4.78, 5) is 43.2. The van der Waals surface area contributed by atoms with Gasteiger partial charge in [-0.2, -0.15) is 0 Å². The Balaban J connectivity index is 0.00000506. The molecule has 0 radical (unpaired) electrons. The Hall–Kier alpha value is -3.14. The average Bonchev–Trinajstić information content (AvgIpc) is 3.01. The smallest absolute Gasteiger partial charge is 0.251 e. The van der Waals surface area contributed by atoms with Crippen molar-refractivity contribution in [3.63, 3.8) is 0 Å². The molecule has 2 aromatic rings. The number of halogens is 1. The number of carbonyl (C=O) groups is 3. The normalized spacial score (nSPS) is 19.1. The molecule has 0 aliphatic carbocycles. The van der Waals surface area contributed by atoms with Gasteiger partial charge in [0, 0.05) is 38.8 Å². The Morgan fingerprint density at radius 3 is 2.14 bits per heavy atom. The average molecular weight is 615 g/mol. The van der Waals surface area contributed by atoms with Crippen LogP contribution in [0, 0.1) is 5.92 Å². The minimum absolute atomic E-state index is 0. The van der Waals surface area contributed by atoms with E-state index in [9.17, 15) is 19.5 Å². The van der Waals surface area contributed by atoms with E-state index in [1.807, 2.05) is 38.1 Å². The SMILES string of the molecule is CCCCN1C(=O)[C@@H]([C@H](O)C(CC)CC)NC(=O)C12CCN(Cc1ccc(Oc3ccc(C(=O)NC)cc3)cc1)CC2.Cl. The highest BCUT2D eigenvalue weighted by Gasteiger charge is 2.55. The van der Waals surface area contributed by atoms with Crippen LogP contribution in [0.5, 0.6) is 11.5 Å². The third kappa shape index (κ3) is 7.69. The first-order chi connectivity index (χ1) is 20.3. The Labute approximate surface area is 261 Å². The molecule has 1 spiro atoms. The van der Waals surface area contributed by atoms with E-state index >= 15 is 0 Å². The van der Waals surface area contributed by atoms with Gasteiger partial charge in [0.2, 0.25) is 11.8 Å². The van der Waals surface area contributed by atoms with Crippen LogP contribution >= 0.6 is 12.4 Å². The van der Waals surface area contributed by atoms with Crippen molar-refractivity contribution >= 4 is 30.1 Å². The summed E-state index contributed by atoms with van der Waals surface area (Å²) in [6, 6.07) is 14.0. The summed E-state index contributed by atoms with van der Waals surface area (Å²) < 4.78 is 5.94. The van der Waals surface area contributed by atoms with Gasteiger partial charge in [0.15, 0.2) is 0 Å². The lowest BCUT2D eigenvalue weighted by atomic mass is 9.79. The minimum Gasteiger partial charge on any atom is -0.457 e. The van der Waals surface area contributed by atoms with Crippen LogP contribution in [0.1, 0.15) is 75.2 Å². The monoisotopic (exact) mass is 614 g/mol. The van der Waals surface area contributed by atoms with E-state index in [0.29, 0.717) is 49.5 Å².